The maximum absolute atomic E-state index is 6.02. The molecule has 0 spiro atoms. The van der Waals surface area contributed by atoms with Crippen molar-refractivity contribution in [3.05, 3.63) is 0 Å². The fraction of sp³-hybridized carbons (Fsp3) is 1.00. The van der Waals surface area contributed by atoms with Gasteiger partial charge in [0.1, 0.15) is 0 Å². The molecule has 1 rings (SSSR count). The molecular weight excluding hydrogens is 236 g/mol. The lowest BCUT2D eigenvalue weighted by molar-refractivity contribution is -0.242. The quantitative estimate of drug-likeness (QED) is 0.632. The molecule has 0 aromatic rings. The monoisotopic (exact) mass is 270 g/mol. The summed E-state index contributed by atoms with van der Waals surface area (Å²) in [6.45, 7) is 5.70. The standard InChI is InChI=1S/C17H34O2/c1-3-18-17(19-4-2)15-13-11-9-7-5-6-8-10-12-14-16-17/h3-16H2,1-2H3. The second-order valence-electron chi connectivity index (χ2n) is 5.81. The zero-order chi connectivity index (χ0) is 13.8. The Labute approximate surface area is 120 Å². The summed E-state index contributed by atoms with van der Waals surface area (Å²) in [6.07, 6.45) is 15.8. The van der Waals surface area contributed by atoms with E-state index >= 15 is 0 Å². The van der Waals surface area contributed by atoms with Gasteiger partial charge in [-0.15, -0.1) is 0 Å². The number of rotatable bonds is 4. The van der Waals surface area contributed by atoms with Crippen molar-refractivity contribution < 1.29 is 9.47 Å². The highest BCUT2D eigenvalue weighted by atomic mass is 16.7. The molecule has 0 radical (unpaired) electrons. The van der Waals surface area contributed by atoms with E-state index in [9.17, 15) is 0 Å². The van der Waals surface area contributed by atoms with Crippen LogP contribution in [0.1, 0.15) is 90.9 Å². The molecule has 2 nitrogen and oxygen atoms in total. The van der Waals surface area contributed by atoms with E-state index in [0.717, 1.165) is 26.1 Å². The largest absolute Gasteiger partial charge is 0.350 e. The van der Waals surface area contributed by atoms with Crippen molar-refractivity contribution in [3.63, 3.8) is 0 Å². The Kier molecular flexibility index (Phi) is 9.54. The van der Waals surface area contributed by atoms with Crippen LogP contribution in [0.2, 0.25) is 0 Å². The fourth-order valence-electron chi connectivity index (χ4n) is 3.18. The van der Waals surface area contributed by atoms with E-state index in [1.54, 1.807) is 0 Å². The zero-order valence-electron chi connectivity index (χ0n) is 13.2. The molecule has 0 saturated heterocycles. The fourth-order valence-corrected chi connectivity index (χ4v) is 3.18. The van der Waals surface area contributed by atoms with Gasteiger partial charge in [0.25, 0.3) is 0 Å². The van der Waals surface area contributed by atoms with Crippen molar-refractivity contribution in [2.75, 3.05) is 13.2 Å². The molecule has 0 bridgehead atoms. The van der Waals surface area contributed by atoms with Gasteiger partial charge in [-0.3, -0.25) is 0 Å². The van der Waals surface area contributed by atoms with Crippen LogP contribution in [-0.2, 0) is 9.47 Å². The van der Waals surface area contributed by atoms with E-state index in [2.05, 4.69) is 13.8 Å². The first kappa shape index (κ1) is 17.0. The van der Waals surface area contributed by atoms with Gasteiger partial charge in [0.2, 0.25) is 0 Å². The molecule has 0 unspecified atom stereocenters. The Bertz CT molecular complexity index is 181. The number of hydrogen-bond acceptors (Lipinski definition) is 2. The van der Waals surface area contributed by atoms with E-state index in [-0.39, 0.29) is 5.79 Å². The van der Waals surface area contributed by atoms with Crippen LogP contribution in [0.4, 0.5) is 0 Å². The molecule has 0 aromatic heterocycles. The molecule has 0 N–H and O–H groups in total. The molecule has 1 saturated carbocycles. The molecule has 1 aliphatic rings. The first-order chi connectivity index (χ1) is 9.33. The summed E-state index contributed by atoms with van der Waals surface area (Å²) in [7, 11) is 0. The number of hydrogen-bond donors (Lipinski definition) is 0. The molecule has 2 heteroatoms. The van der Waals surface area contributed by atoms with Crippen molar-refractivity contribution in [1.82, 2.24) is 0 Å². The van der Waals surface area contributed by atoms with Gasteiger partial charge >= 0.3 is 0 Å². The summed E-state index contributed by atoms with van der Waals surface area (Å²) >= 11 is 0. The summed E-state index contributed by atoms with van der Waals surface area (Å²) in [5.41, 5.74) is 0. The average molecular weight is 270 g/mol. The van der Waals surface area contributed by atoms with E-state index in [4.69, 9.17) is 9.47 Å². The van der Waals surface area contributed by atoms with E-state index < -0.39 is 0 Å². The average Bonchev–Trinajstić information content (AvgIpc) is 2.42. The van der Waals surface area contributed by atoms with Crippen molar-refractivity contribution in [2.24, 2.45) is 0 Å². The second-order valence-corrected chi connectivity index (χ2v) is 5.81. The summed E-state index contributed by atoms with van der Waals surface area (Å²) < 4.78 is 12.0. The van der Waals surface area contributed by atoms with E-state index in [1.807, 2.05) is 0 Å². The van der Waals surface area contributed by atoms with Crippen molar-refractivity contribution in [1.29, 1.82) is 0 Å². The lowest BCUT2D eigenvalue weighted by Crippen LogP contribution is -2.36. The van der Waals surface area contributed by atoms with Crippen molar-refractivity contribution >= 4 is 0 Å². The lowest BCUT2D eigenvalue weighted by atomic mass is 10.00. The van der Waals surface area contributed by atoms with Crippen molar-refractivity contribution in [3.8, 4) is 0 Å². The third kappa shape index (κ3) is 7.31. The molecule has 1 aliphatic carbocycles. The normalized spacial score (nSPS) is 23.1. The lowest BCUT2D eigenvalue weighted by Gasteiger charge is -2.33. The third-order valence-corrected chi connectivity index (χ3v) is 4.18. The Morgan fingerprint density at radius 1 is 0.579 bits per heavy atom. The zero-order valence-corrected chi connectivity index (χ0v) is 13.2. The molecule has 114 valence electrons. The van der Waals surface area contributed by atoms with Gasteiger partial charge in [0, 0.05) is 26.1 Å². The SMILES string of the molecule is CCOC1(OCC)CCCCCCCCCCCC1. The van der Waals surface area contributed by atoms with Gasteiger partial charge in [-0.2, -0.15) is 0 Å². The molecule has 19 heavy (non-hydrogen) atoms. The van der Waals surface area contributed by atoms with Crippen LogP contribution in [0.25, 0.3) is 0 Å². The van der Waals surface area contributed by atoms with E-state index in [1.165, 1.54) is 64.2 Å². The Balaban J connectivity index is 2.51. The Hall–Kier alpha value is -0.0800. The van der Waals surface area contributed by atoms with Crippen LogP contribution in [0.3, 0.4) is 0 Å². The highest BCUT2D eigenvalue weighted by Gasteiger charge is 2.30. The Morgan fingerprint density at radius 2 is 0.895 bits per heavy atom. The smallest absolute Gasteiger partial charge is 0.168 e. The molecule has 0 aromatic carbocycles. The predicted octanol–water partition coefficient (Wildman–Crippen LogP) is 5.45. The van der Waals surface area contributed by atoms with Crippen LogP contribution in [0, 0.1) is 0 Å². The molecule has 1 fully saturated rings. The first-order valence-corrected chi connectivity index (χ1v) is 8.61. The van der Waals surface area contributed by atoms with Crippen LogP contribution < -0.4 is 0 Å². The predicted molar refractivity (Wildman–Crippen MR) is 81.4 cm³/mol. The maximum Gasteiger partial charge on any atom is 0.168 e. The van der Waals surface area contributed by atoms with Gasteiger partial charge < -0.3 is 9.47 Å². The molecule has 0 aliphatic heterocycles. The van der Waals surface area contributed by atoms with Gasteiger partial charge in [-0.25, -0.2) is 0 Å². The van der Waals surface area contributed by atoms with Gasteiger partial charge in [-0.05, 0) is 26.7 Å². The highest BCUT2D eigenvalue weighted by Crippen LogP contribution is 2.29. The molecule has 0 amide bonds. The maximum atomic E-state index is 6.02. The number of ether oxygens (including phenoxy) is 2. The van der Waals surface area contributed by atoms with Crippen LogP contribution in [0.5, 0.6) is 0 Å². The molecule has 0 atom stereocenters. The van der Waals surface area contributed by atoms with Gasteiger partial charge in [0.05, 0.1) is 0 Å². The first-order valence-electron chi connectivity index (χ1n) is 8.61. The summed E-state index contributed by atoms with van der Waals surface area (Å²) in [5, 5.41) is 0. The highest BCUT2D eigenvalue weighted by molar-refractivity contribution is 4.71. The van der Waals surface area contributed by atoms with Crippen LogP contribution >= 0.6 is 0 Å². The van der Waals surface area contributed by atoms with Gasteiger partial charge in [0.15, 0.2) is 5.79 Å². The van der Waals surface area contributed by atoms with Crippen LogP contribution in [0.15, 0.2) is 0 Å². The summed E-state index contributed by atoms with van der Waals surface area (Å²) in [5.74, 6) is -0.280. The minimum absolute atomic E-state index is 0.280. The Morgan fingerprint density at radius 3 is 1.21 bits per heavy atom. The second kappa shape index (κ2) is 10.7. The molecular formula is C17H34O2. The van der Waals surface area contributed by atoms with Crippen molar-refractivity contribution in [2.45, 2.75) is 96.7 Å². The van der Waals surface area contributed by atoms with Crippen LogP contribution in [-0.4, -0.2) is 19.0 Å². The third-order valence-electron chi connectivity index (χ3n) is 4.18. The minimum atomic E-state index is -0.280. The molecule has 0 heterocycles. The van der Waals surface area contributed by atoms with Gasteiger partial charge in [-0.1, -0.05) is 51.4 Å². The van der Waals surface area contributed by atoms with E-state index in [0.29, 0.717) is 0 Å². The topological polar surface area (TPSA) is 18.5 Å². The summed E-state index contributed by atoms with van der Waals surface area (Å²) in [6, 6.07) is 0. The minimum Gasteiger partial charge on any atom is -0.350 e. The summed E-state index contributed by atoms with van der Waals surface area (Å²) in [4.78, 5) is 0.